The van der Waals surface area contributed by atoms with E-state index in [0.29, 0.717) is 0 Å². The minimum Gasteiger partial charge on any atom is -0.374 e. The van der Waals surface area contributed by atoms with E-state index in [2.05, 4.69) is 13.8 Å². The van der Waals surface area contributed by atoms with Crippen molar-refractivity contribution < 1.29 is 4.74 Å². The summed E-state index contributed by atoms with van der Waals surface area (Å²) in [5.41, 5.74) is 6.16. The number of ether oxygens (including phenoxy) is 1. The third-order valence-electron chi connectivity index (χ3n) is 3.40. The molecule has 2 heteroatoms. The van der Waals surface area contributed by atoms with E-state index in [1.807, 2.05) is 0 Å². The summed E-state index contributed by atoms with van der Waals surface area (Å²) in [6.45, 7) is 5.31. The highest BCUT2D eigenvalue weighted by atomic mass is 16.5. The van der Waals surface area contributed by atoms with E-state index in [1.54, 1.807) is 0 Å². The van der Waals surface area contributed by atoms with Crippen molar-refractivity contribution in [1.29, 1.82) is 0 Å². The molecule has 84 valence electrons. The Morgan fingerprint density at radius 2 is 2.14 bits per heavy atom. The second kappa shape index (κ2) is 5.72. The van der Waals surface area contributed by atoms with Gasteiger partial charge in [-0.2, -0.15) is 0 Å². The third-order valence-corrected chi connectivity index (χ3v) is 3.40. The van der Waals surface area contributed by atoms with Gasteiger partial charge in [-0.1, -0.05) is 26.2 Å². The Hall–Kier alpha value is -0.0800. The molecule has 0 saturated carbocycles. The molecule has 0 aromatic heterocycles. The van der Waals surface area contributed by atoms with E-state index in [0.717, 1.165) is 19.4 Å². The van der Waals surface area contributed by atoms with Crippen LogP contribution in [0, 0.1) is 0 Å². The molecule has 0 aliphatic carbocycles. The highest BCUT2D eigenvalue weighted by Crippen LogP contribution is 2.28. The lowest BCUT2D eigenvalue weighted by Crippen LogP contribution is -2.49. The first-order valence-corrected chi connectivity index (χ1v) is 6.08. The van der Waals surface area contributed by atoms with Crippen LogP contribution in [0.15, 0.2) is 0 Å². The lowest BCUT2D eigenvalue weighted by molar-refractivity contribution is -0.0826. The fourth-order valence-electron chi connectivity index (χ4n) is 2.17. The molecule has 0 amide bonds. The second-order valence-electron chi connectivity index (χ2n) is 4.72. The van der Waals surface area contributed by atoms with Crippen molar-refractivity contribution >= 4 is 0 Å². The molecule has 1 rings (SSSR count). The van der Waals surface area contributed by atoms with Crippen LogP contribution in [0.5, 0.6) is 0 Å². The van der Waals surface area contributed by atoms with Crippen molar-refractivity contribution in [3.05, 3.63) is 0 Å². The quantitative estimate of drug-likeness (QED) is 0.691. The number of hydrogen-bond acceptors (Lipinski definition) is 2. The van der Waals surface area contributed by atoms with Gasteiger partial charge >= 0.3 is 0 Å². The van der Waals surface area contributed by atoms with Gasteiger partial charge in [0.25, 0.3) is 0 Å². The van der Waals surface area contributed by atoms with E-state index >= 15 is 0 Å². The fraction of sp³-hybridized carbons (Fsp3) is 1.00. The van der Waals surface area contributed by atoms with E-state index in [-0.39, 0.29) is 11.6 Å². The highest BCUT2D eigenvalue weighted by molar-refractivity contribution is 4.89. The molecular weight excluding hydrogens is 174 g/mol. The molecule has 1 aliphatic heterocycles. The van der Waals surface area contributed by atoms with Crippen LogP contribution in [0.1, 0.15) is 58.8 Å². The third kappa shape index (κ3) is 3.25. The molecule has 0 aromatic carbocycles. The first kappa shape index (κ1) is 12.0. The average Bonchev–Trinajstić information content (AvgIpc) is 2.19. The van der Waals surface area contributed by atoms with Gasteiger partial charge in [-0.25, -0.2) is 0 Å². The van der Waals surface area contributed by atoms with Crippen molar-refractivity contribution in [3.8, 4) is 0 Å². The van der Waals surface area contributed by atoms with Gasteiger partial charge in [0.2, 0.25) is 0 Å². The van der Waals surface area contributed by atoms with Crippen molar-refractivity contribution in [1.82, 2.24) is 0 Å². The maximum absolute atomic E-state index is 6.20. The fourth-order valence-corrected chi connectivity index (χ4v) is 2.17. The summed E-state index contributed by atoms with van der Waals surface area (Å²) in [6.07, 6.45) is 8.55. The zero-order valence-corrected chi connectivity index (χ0v) is 9.72. The maximum atomic E-state index is 6.20. The topological polar surface area (TPSA) is 35.2 Å². The van der Waals surface area contributed by atoms with Gasteiger partial charge in [-0.15, -0.1) is 0 Å². The molecular formula is C12H25NO. The molecule has 1 aliphatic rings. The van der Waals surface area contributed by atoms with Crippen LogP contribution in [0.3, 0.4) is 0 Å². The Labute approximate surface area is 88.2 Å². The predicted molar refractivity (Wildman–Crippen MR) is 60.3 cm³/mol. The average molecular weight is 199 g/mol. The Kier molecular flexibility index (Phi) is 4.90. The van der Waals surface area contributed by atoms with Crippen LogP contribution in [-0.2, 0) is 4.74 Å². The zero-order valence-electron chi connectivity index (χ0n) is 9.72. The van der Waals surface area contributed by atoms with E-state index in [1.165, 1.54) is 32.1 Å². The molecule has 2 atom stereocenters. The monoisotopic (exact) mass is 199 g/mol. The second-order valence-corrected chi connectivity index (χ2v) is 4.72. The summed E-state index contributed by atoms with van der Waals surface area (Å²) in [4.78, 5) is 0. The summed E-state index contributed by atoms with van der Waals surface area (Å²) in [5, 5.41) is 0. The number of rotatable bonds is 5. The maximum Gasteiger partial charge on any atom is 0.0804 e. The van der Waals surface area contributed by atoms with Crippen LogP contribution in [0.4, 0.5) is 0 Å². The van der Waals surface area contributed by atoms with Crippen LogP contribution in [-0.4, -0.2) is 18.2 Å². The summed E-state index contributed by atoms with van der Waals surface area (Å²) < 4.78 is 5.83. The van der Waals surface area contributed by atoms with Crippen LogP contribution < -0.4 is 5.73 Å². The molecule has 14 heavy (non-hydrogen) atoms. The molecule has 0 bridgehead atoms. The lowest BCUT2D eigenvalue weighted by atomic mass is 9.86. The first-order chi connectivity index (χ1) is 6.69. The van der Waals surface area contributed by atoms with E-state index in [9.17, 15) is 0 Å². The van der Waals surface area contributed by atoms with Crippen LogP contribution in [0.2, 0.25) is 0 Å². The molecule has 1 heterocycles. The normalized spacial score (nSPS) is 30.2. The lowest BCUT2D eigenvalue weighted by Gasteiger charge is -2.38. The first-order valence-electron chi connectivity index (χ1n) is 6.08. The predicted octanol–water partition coefficient (Wildman–Crippen LogP) is 2.85. The minimum atomic E-state index is -0.0357. The molecule has 1 fully saturated rings. The molecule has 0 spiro atoms. The van der Waals surface area contributed by atoms with Crippen LogP contribution in [0.25, 0.3) is 0 Å². The Balaban J connectivity index is 2.29. The van der Waals surface area contributed by atoms with Gasteiger partial charge in [0.05, 0.1) is 5.60 Å². The smallest absolute Gasteiger partial charge is 0.0804 e. The summed E-state index contributed by atoms with van der Waals surface area (Å²) in [7, 11) is 0. The molecule has 0 aromatic rings. The summed E-state index contributed by atoms with van der Waals surface area (Å²) >= 11 is 0. The van der Waals surface area contributed by atoms with Crippen LogP contribution >= 0.6 is 0 Å². The summed E-state index contributed by atoms with van der Waals surface area (Å²) in [5.74, 6) is 0. The van der Waals surface area contributed by atoms with Gasteiger partial charge in [-0.3, -0.25) is 0 Å². The van der Waals surface area contributed by atoms with Gasteiger partial charge < -0.3 is 10.5 Å². The van der Waals surface area contributed by atoms with Gasteiger partial charge in [0.15, 0.2) is 0 Å². The van der Waals surface area contributed by atoms with Crippen molar-refractivity contribution in [2.45, 2.75) is 70.4 Å². The Bertz CT molecular complexity index is 152. The number of unbranched alkanes of at least 4 members (excludes halogenated alkanes) is 2. The Morgan fingerprint density at radius 1 is 1.36 bits per heavy atom. The standard InChI is InChI=1S/C12H25NO/c1-3-4-5-8-11(13)12(2)9-6-7-10-14-12/h11H,3-10,13H2,1-2H3. The van der Waals surface area contributed by atoms with Crippen molar-refractivity contribution in [2.24, 2.45) is 5.73 Å². The number of hydrogen-bond donors (Lipinski definition) is 1. The minimum absolute atomic E-state index is 0.0357. The van der Waals surface area contributed by atoms with Gasteiger partial charge in [0.1, 0.15) is 0 Å². The van der Waals surface area contributed by atoms with Crippen molar-refractivity contribution in [3.63, 3.8) is 0 Å². The molecule has 1 saturated heterocycles. The van der Waals surface area contributed by atoms with Gasteiger partial charge in [-0.05, 0) is 32.6 Å². The number of nitrogens with two attached hydrogens (primary N) is 1. The van der Waals surface area contributed by atoms with E-state index < -0.39 is 0 Å². The molecule has 2 unspecified atom stereocenters. The largest absolute Gasteiger partial charge is 0.374 e. The molecule has 2 nitrogen and oxygen atoms in total. The van der Waals surface area contributed by atoms with Crippen molar-refractivity contribution in [2.75, 3.05) is 6.61 Å². The molecule has 2 N–H and O–H groups in total. The zero-order chi connectivity index (χ0) is 10.4. The summed E-state index contributed by atoms with van der Waals surface area (Å²) in [6, 6.07) is 0.231. The SMILES string of the molecule is CCCCCC(N)C1(C)CCCCO1. The highest BCUT2D eigenvalue weighted by Gasteiger charge is 2.33. The van der Waals surface area contributed by atoms with E-state index in [4.69, 9.17) is 10.5 Å². The van der Waals surface area contributed by atoms with Gasteiger partial charge in [0, 0.05) is 12.6 Å². The Morgan fingerprint density at radius 3 is 2.71 bits per heavy atom. The molecule has 0 radical (unpaired) electrons.